The summed E-state index contributed by atoms with van der Waals surface area (Å²) >= 11 is 5.93. The van der Waals surface area contributed by atoms with E-state index in [-0.39, 0.29) is 5.82 Å². The van der Waals surface area contributed by atoms with E-state index in [4.69, 9.17) is 16.3 Å². The van der Waals surface area contributed by atoms with Gasteiger partial charge in [0.2, 0.25) is 0 Å². The number of rotatable bonds is 6. The molecular weight excluding hydrogens is 453 g/mol. The van der Waals surface area contributed by atoms with Crippen LogP contribution in [0, 0.1) is 19.7 Å². The lowest BCUT2D eigenvalue weighted by atomic mass is 10.1. The van der Waals surface area contributed by atoms with Crippen molar-refractivity contribution in [3.05, 3.63) is 106 Å². The molecule has 0 saturated carbocycles. The number of nitrogens with zero attached hydrogens (tertiary/aromatic N) is 4. The van der Waals surface area contributed by atoms with E-state index in [0.717, 1.165) is 28.3 Å². The monoisotopic (exact) mass is 473 g/mol. The maximum atomic E-state index is 13.6. The number of aromatic nitrogens is 4. The number of anilines is 2. The maximum Gasteiger partial charge on any atom is 0.254 e. The molecule has 0 amide bonds. The lowest BCUT2D eigenvalue weighted by molar-refractivity contribution is 0.483. The van der Waals surface area contributed by atoms with Gasteiger partial charge in [-0.2, -0.15) is 9.50 Å². The first kappa shape index (κ1) is 21.9. The molecule has 2 aromatic heterocycles. The van der Waals surface area contributed by atoms with E-state index in [2.05, 4.69) is 20.4 Å². The summed E-state index contributed by atoms with van der Waals surface area (Å²) in [5.74, 6) is 2.96. The first-order chi connectivity index (χ1) is 16.4. The Kier molecular flexibility index (Phi) is 5.86. The highest BCUT2D eigenvalue weighted by molar-refractivity contribution is 6.30. The summed E-state index contributed by atoms with van der Waals surface area (Å²) in [5, 5.41) is 8.73. The van der Waals surface area contributed by atoms with Gasteiger partial charge in [-0.25, -0.2) is 9.37 Å². The summed E-state index contributed by atoms with van der Waals surface area (Å²) in [6.07, 6.45) is 0.412. The number of nitrogens with one attached hydrogen (secondary N) is 1. The van der Waals surface area contributed by atoms with Gasteiger partial charge >= 0.3 is 0 Å². The normalized spacial score (nSPS) is 11.1. The van der Waals surface area contributed by atoms with Crippen LogP contribution in [0.15, 0.2) is 72.8 Å². The van der Waals surface area contributed by atoms with Crippen molar-refractivity contribution in [1.29, 1.82) is 0 Å². The van der Waals surface area contributed by atoms with Gasteiger partial charge in [0.1, 0.15) is 23.1 Å². The Bertz CT molecular complexity index is 1470. The SMILES string of the molecule is Cc1nc2nc(Cc3cccc(F)c3)nn2c(Nc2ccc(Oc3ccc(Cl)cc3)cc2)c1C. The third kappa shape index (κ3) is 4.70. The van der Waals surface area contributed by atoms with E-state index < -0.39 is 0 Å². The Morgan fingerprint density at radius 2 is 1.65 bits per heavy atom. The molecule has 2 heterocycles. The van der Waals surface area contributed by atoms with E-state index >= 15 is 0 Å². The smallest absolute Gasteiger partial charge is 0.254 e. The largest absolute Gasteiger partial charge is 0.457 e. The topological polar surface area (TPSA) is 64.3 Å². The molecular formula is C26H21ClFN5O. The third-order valence-electron chi connectivity index (χ3n) is 5.43. The quantitative estimate of drug-likeness (QED) is 0.298. The van der Waals surface area contributed by atoms with Gasteiger partial charge in [0.25, 0.3) is 5.78 Å². The summed E-state index contributed by atoms with van der Waals surface area (Å²) in [5.41, 5.74) is 3.47. The molecule has 0 unspecified atom stereocenters. The Morgan fingerprint density at radius 1 is 0.941 bits per heavy atom. The standard InChI is InChI=1S/C26H21ClFN5O/c1-16-17(2)29-26-31-24(15-18-4-3-5-20(28)14-18)32-33(26)25(16)30-21-8-12-23(13-9-21)34-22-10-6-19(27)7-11-22/h3-14,30H,15H2,1-2H3. The molecule has 0 radical (unpaired) electrons. The second kappa shape index (κ2) is 9.11. The predicted molar refractivity (Wildman–Crippen MR) is 131 cm³/mol. The highest BCUT2D eigenvalue weighted by Crippen LogP contribution is 2.27. The molecule has 34 heavy (non-hydrogen) atoms. The summed E-state index contributed by atoms with van der Waals surface area (Å²) in [6, 6.07) is 21.3. The number of fused-ring (bicyclic) bond motifs is 1. The van der Waals surface area contributed by atoms with Gasteiger partial charge in [-0.1, -0.05) is 23.7 Å². The van der Waals surface area contributed by atoms with Gasteiger partial charge in [0.05, 0.1) is 0 Å². The van der Waals surface area contributed by atoms with Crippen LogP contribution in [0.3, 0.4) is 0 Å². The molecule has 5 aromatic rings. The van der Waals surface area contributed by atoms with Crippen LogP contribution in [0.4, 0.5) is 15.9 Å². The Hall–Kier alpha value is -3.97. The summed E-state index contributed by atoms with van der Waals surface area (Å²) in [6.45, 7) is 3.92. The van der Waals surface area contributed by atoms with E-state index in [0.29, 0.717) is 34.5 Å². The number of aryl methyl sites for hydroxylation is 1. The fraction of sp³-hybridized carbons (Fsp3) is 0.115. The van der Waals surface area contributed by atoms with Gasteiger partial charge in [-0.15, -0.1) is 5.10 Å². The van der Waals surface area contributed by atoms with E-state index in [1.54, 1.807) is 22.7 Å². The number of halogens is 2. The fourth-order valence-electron chi connectivity index (χ4n) is 3.56. The molecule has 0 spiro atoms. The molecule has 0 bridgehead atoms. The molecule has 5 rings (SSSR count). The van der Waals surface area contributed by atoms with Crippen molar-refractivity contribution in [2.75, 3.05) is 5.32 Å². The van der Waals surface area contributed by atoms with Crippen molar-refractivity contribution in [2.24, 2.45) is 0 Å². The Labute approximate surface area is 201 Å². The minimum Gasteiger partial charge on any atom is -0.457 e. The molecule has 0 aliphatic carbocycles. The van der Waals surface area contributed by atoms with Gasteiger partial charge in [-0.05, 0) is 80.1 Å². The van der Waals surface area contributed by atoms with Gasteiger partial charge in [0.15, 0.2) is 5.82 Å². The average molecular weight is 474 g/mol. The number of ether oxygens (including phenoxy) is 1. The van der Waals surface area contributed by atoms with Crippen LogP contribution in [0.1, 0.15) is 22.6 Å². The zero-order valence-corrected chi connectivity index (χ0v) is 19.3. The second-order valence-electron chi connectivity index (χ2n) is 7.92. The van der Waals surface area contributed by atoms with Crippen LogP contribution in [0.2, 0.25) is 5.02 Å². The van der Waals surface area contributed by atoms with Crippen LogP contribution in [-0.2, 0) is 6.42 Å². The molecule has 170 valence electrons. The van der Waals surface area contributed by atoms with Crippen LogP contribution < -0.4 is 10.1 Å². The van der Waals surface area contributed by atoms with E-state index in [9.17, 15) is 4.39 Å². The van der Waals surface area contributed by atoms with Crippen molar-refractivity contribution >= 4 is 28.9 Å². The molecule has 0 atom stereocenters. The minimum absolute atomic E-state index is 0.281. The lowest BCUT2D eigenvalue weighted by Gasteiger charge is -2.13. The Morgan fingerprint density at radius 3 is 2.35 bits per heavy atom. The number of hydrogen-bond donors (Lipinski definition) is 1. The first-order valence-corrected chi connectivity index (χ1v) is 11.1. The van der Waals surface area contributed by atoms with Crippen LogP contribution in [0.25, 0.3) is 5.78 Å². The predicted octanol–water partition coefficient (Wildman–Crippen LogP) is 6.66. The molecule has 3 aromatic carbocycles. The van der Waals surface area contributed by atoms with Crippen molar-refractivity contribution < 1.29 is 9.13 Å². The lowest BCUT2D eigenvalue weighted by Crippen LogP contribution is -2.06. The zero-order chi connectivity index (χ0) is 23.7. The molecule has 0 fully saturated rings. The third-order valence-corrected chi connectivity index (χ3v) is 5.68. The summed E-state index contributed by atoms with van der Waals surface area (Å²) in [4.78, 5) is 9.13. The molecule has 1 N–H and O–H groups in total. The van der Waals surface area contributed by atoms with Gasteiger partial charge < -0.3 is 10.1 Å². The van der Waals surface area contributed by atoms with Crippen LogP contribution in [-0.4, -0.2) is 19.6 Å². The molecule has 0 aliphatic heterocycles. The van der Waals surface area contributed by atoms with E-state index in [1.165, 1.54) is 12.1 Å². The highest BCUT2D eigenvalue weighted by Gasteiger charge is 2.15. The van der Waals surface area contributed by atoms with E-state index in [1.807, 2.05) is 56.3 Å². The maximum absolute atomic E-state index is 13.6. The number of hydrogen-bond acceptors (Lipinski definition) is 5. The first-order valence-electron chi connectivity index (χ1n) is 10.7. The van der Waals surface area contributed by atoms with Crippen LogP contribution >= 0.6 is 11.6 Å². The summed E-state index contributed by atoms with van der Waals surface area (Å²) < 4.78 is 21.1. The molecule has 8 heteroatoms. The summed E-state index contributed by atoms with van der Waals surface area (Å²) in [7, 11) is 0. The minimum atomic E-state index is -0.281. The second-order valence-corrected chi connectivity index (χ2v) is 8.36. The van der Waals surface area contributed by atoms with Gasteiger partial charge in [0, 0.05) is 28.4 Å². The Balaban J connectivity index is 1.40. The van der Waals surface area contributed by atoms with Gasteiger partial charge in [-0.3, -0.25) is 0 Å². The average Bonchev–Trinajstić information content (AvgIpc) is 3.21. The molecule has 0 aliphatic rings. The number of benzene rings is 3. The van der Waals surface area contributed by atoms with Crippen molar-refractivity contribution in [1.82, 2.24) is 19.6 Å². The van der Waals surface area contributed by atoms with Crippen molar-refractivity contribution in [3.63, 3.8) is 0 Å². The van der Waals surface area contributed by atoms with Crippen LogP contribution in [0.5, 0.6) is 11.5 Å². The van der Waals surface area contributed by atoms with Crippen molar-refractivity contribution in [3.8, 4) is 11.5 Å². The fourth-order valence-corrected chi connectivity index (χ4v) is 3.69. The van der Waals surface area contributed by atoms with Crippen molar-refractivity contribution in [2.45, 2.75) is 20.3 Å². The zero-order valence-electron chi connectivity index (χ0n) is 18.6. The highest BCUT2D eigenvalue weighted by atomic mass is 35.5. The molecule has 0 saturated heterocycles. The molecule has 6 nitrogen and oxygen atoms in total.